The minimum atomic E-state index is -0.585. The lowest BCUT2D eigenvalue weighted by Gasteiger charge is -2.20. The van der Waals surface area contributed by atoms with Crippen LogP contribution in [0.25, 0.3) is 0 Å². The molecule has 0 saturated heterocycles. The quantitative estimate of drug-likeness (QED) is 0.662. The minimum Gasteiger partial charge on any atom is -0.464 e. The van der Waals surface area contributed by atoms with Gasteiger partial charge in [-0.25, -0.2) is 0 Å². The first-order chi connectivity index (χ1) is 9.63. The van der Waals surface area contributed by atoms with Crippen LogP contribution in [0.3, 0.4) is 0 Å². The van der Waals surface area contributed by atoms with Gasteiger partial charge in [-0.2, -0.15) is 0 Å². The van der Waals surface area contributed by atoms with E-state index in [1.165, 1.54) is 0 Å². The van der Waals surface area contributed by atoms with Crippen molar-refractivity contribution in [2.45, 2.75) is 66.5 Å². The molecule has 2 N–H and O–H groups in total. The van der Waals surface area contributed by atoms with E-state index < -0.39 is 6.04 Å². The van der Waals surface area contributed by atoms with E-state index in [1.54, 1.807) is 0 Å². The van der Waals surface area contributed by atoms with E-state index in [1.807, 2.05) is 41.5 Å². The molecule has 3 unspecified atom stereocenters. The zero-order valence-corrected chi connectivity index (χ0v) is 14.2. The number of ether oxygens (including phenoxy) is 2. The van der Waals surface area contributed by atoms with Crippen molar-refractivity contribution in [3.8, 4) is 0 Å². The summed E-state index contributed by atoms with van der Waals surface area (Å²) in [5.41, 5.74) is 5.72. The third-order valence-corrected chi connectivity index (χ3v) is 3.14. The average Bonchev–Trinajstić information content (AvgIpc) is 2.33. The van der Waals surface area contributed by atoms with Crippen LogP contribution in [0.1, 0.15) is 54.4 Å². The van der Waals surface area contributed by atoms with E-state index in [9.17, 15) is 9.59 Å². The van der Waals surface area contributed by atoms with Crippen LogP contribution in [0, 0.1) is 17.8 Å². The number of carbonyl (C=O) groups is 2. The lowest BCUT2D eigenvalue weighted by atomic mass is 10.0. The molecule has 0 rings (SSSR count). The molecule has 0 aliphatic carbocycles. The fourth-order valence-electron chi connectivity index (χ4n) is 1.88. The highest BCUT2D eigenvalue weighted by atomic mass is 16.5. The van der Waals surface area contributed by atoms with Crippen LogP contribution in [-0.2, 0) is 19.1 Å². The molecule has 5 nitrogen and oxygen atoms in total. The lowest BCUT2D eigenvalue weighted by Crippen LogP contribution is -2.37. The normalized spacial score (nSPS) is 15.7. The topological polar surface area (TPSA) is 78.6 Å². The van der Waals surface area contributed by atoms with Crippen LogP contribution in [-0.4, -0.2) is 30.7 Å². The Labute approximate surface area is 128 Å². The van der Waals surface area contributed by atoms with Gasteiger partial charge >= 0.3 is 11.9 Å². The Hall–Kier alpha value is -1.10. The van der Waals surface area contributed by atoms with Crippen molar-refractivity contribution in [1.29, 1.82) is 0 Å². The van der Waals surface area contributed by atoms with Gasteiger partial charge in [-0.1, -0.05) is 34.6 Å². The summed E-state index contributed by atoms with van der Waals surface area (Å²) in [4.78, 5) is 23.2. The Bertz CT molecular complexity index is 328. The van der Waals surface area contributed by atoms with Gasteiger partial charge in [0.25, 0.3) is 0 Å². The van der Waals surface area contributed by atoms with Crippen molar-refractivity contribution in [2.24, 2.45) is 23.5 Å². The summed E-state index contributed by atoms with van der Waals surface area (Å²) < 4.78 is 10.5. The SMILES string of the molecule is CC(C)CC(=O)OC(C)CC(C)COC(=O)C(N)C(C)C. The largest absolute Gasteiger partial charge is 0.464 e. The third kappa shape index (κ3) is 9.45. The van der Waals surface area contributed by atoms with Gasteiger partial charge in [0.15, 0.2) is 0 Å². The van der Waals surface area contributed by atoms with Gasteiger partial charge in [0.2, 0.25) is 0 Å². The second kappa shape index (κ2) is 9.77. The van der Waals surface area contributed by atoms with E-state index in [4.69, 9.17) is 15.2 Å². The van der Waals surface area contributed by atoms with Crippen LogP contribution in [0.5, 0.6) is 0 Å². The van der Waals surface area contributed by atoms with Crippen molar-refractivity contribution in [2.75, 3.05) is 6.61 Å². The highest BCUT2D eigenvalue weighted by Crippen LogP contribution is 2.12. The molecule has 0 aromatic rings. The van der Waals surface area contributed by atoms with E-state index >= 15 is 0 Å². The Balaban J connectivity index is 4.00. The summed E-state index contributed by atoms with van der Waals surface area (Å²) in [6.45, 7) is 11.8. The number of esters is 2. The van der Waals surface area contributed by atoms with E-state index in [2.05, 4.69) is 0 Å². The van der Waals surface area contributed by atoms with Gasteiger partial charge in [-0.3, -0.25) is 9.59 Å². The molecule has 0 spiro atoms. The number of hydrogen-bond donors (Lipinski definition) is 1. The van der Waals surface area contributed by atoms with Crippen molar-refractivity contribution >= 4 is 11.9 Å². The molecule has 0 aromatic carbocycles. The first kappa shape index (κ1) is 19.9. The molecule has 0 radical (unpaired) electrons. The molecule has 0 fully saturated rings. The summed E-state index contributed by atoms with van der Waals surface area (Å²) in [6.07, 6.45) is 0.911. The predicted molar refractivity (Wildman–Crippen MR) is 82.6 cm³/mol. The van der Waals surface area contributed by atoms with Crippen molar-refractivity contribution in [3.05, 3.63) is 0 Å². The number of hydrogen-bond acceptors (Lipinski definition) is 5. The Morgan fingerprint density at radius 3 is 2.10 bits per heavy atom. The van der Waals surface area contributed by atoms with Gasteiger partial charge in [0, 0.05) is 6.42 Å². The van der Waals surface area contributed by atoms with Crippen LogP contribution >= 0.6 is 0 Å². The number of rotatable bonds is 9. The third-order valence-electron chi connectivity index (χ3n) is 3.14. The summed E-state index contributed by atoms with van der Waals surface area (Å²) >= 11 is 0. The molecule has 0 aliphatic rings. The highest BCUT2D eigenvalue weighted by molar-refractivity contribution is 5.75. The van der Waals surface area contributed by atoms with Crippen molar-refractivity contribution < 1.29 is 19.1 Å². The average molecular weight is 301 g/mol. The maximum Gasteiger partial charge on any atom is 0.323 e. The maximum atomic E-state index is 11.6. The Morgan fingerprint density at radius 2 is 1.62 bits per heavy atom. The zero-order valence-electron chi connectivity index (χ0n) is 14.2. The molecule has 0 amide bonds. The summed E-state index contributed by atoms with van der Waals surface area (Å²) in [7, 11) is 0. The van der Waals surface area contributed by atoms with E-state index in [-0.39, 0.29) is 29.9 Å². The van der Waals surface area contributed by atoms with Crippen molar-refractivity contribution in [1.82, 2.24) is 0 Å². The highest BCUT2D eigenvalue weighted by Gasteiger charge is 2.20. The fourth-order valence-corrected chi connectivity index (χ4v) is 1.88. The molecule has 0 aliphatic heterocycles. The molecular weight excluding hydrogens is 270 g/mol. The van der Waals surface area contributed by atoms with E-state index in [0.717, 1.165) is 0 Å². The lowest BCUT2D eigenvalue weighted by molar-refractivity contribution is -0.152. The summed E-state index contributed by atoms with van der Waals surface area (Å²) in [6, 6.07) is -0.585. The number of nitrogens with two attached hydrogens (primary N) is 1. The molecule has 0 saturated carbocycles. The number of carbonyl (C=O) groups excluding carboxylic acids is 2. The molecule has 124 valence electrons. The first-order valence-corrected chi connectivity index (χ1v) is 7.75. The van der Waals surface area contributed by atoms with Gasteiger partial charge in [-0.15, -0.1) is 0 Å². The first-order valence-electron chi connectivity index (χ1n) is 7.75. The minimum absolute atomic E-state index is 0.0590. The van der Waals surface area contributed by atoms with Crippen molar-refractivity contribution in [3.63, 3.8) is 0 Å². The summed E-state index contributed by atoms with van der Waals surface area (Å²) in [5.74, 6) is -0.0793. The monoisotopic (exact) mass is 301 g/mol. The van der Waals surface area contributed by atoms with E-state index in [0.29, 0.717) is 25.4 Å². The van der Waals surface area contributed by atoms with Gasteiger partial charge in [0.05, 0.1) is 12.7 Å². The van der Waals surface area contributed by atoms with Gasteiger partial charge in [0.1, 0.15) is 6.04 Å². The Morgan fingerprint density at radius 1 is 1.05 bits per heavy atom. The smallest absolute Gasteiger partial charge is 0.323 e. The molecule has 0 heterocycles. The van der Waals surface area contributed by atoms with Crippen LogP contribution < -0.4 is 5.73 Å². The summed E-state index contributed by atoms with van der Waals surface area (Å²) in [5, 5.41) is 0. The molecule has 5 heteroatoms. The second-order valence-corrected chi connectivity index (χ2v) is 6.64. The second-order valence-electron chi connectivity index (χ2n) is 6.64. The van der Waals surface area contributed by atoms with Crippen LogP contribution in [0.2, 0.25) is 0 Å². The molecule has 3 atom stereocenters. The fraction of sp³-hybridized carbons (Fsp3) is 0.875. The molecule has 0 aromatic heterocycles. The van der Waals surface area contributed by atoms with Crippen LogP contribution in [0.4, 0.5) is 0 Å². The molecule has 0 bridgehead atoms. The zero-order chi connectivity index (χ0) is 16.6. The van der Waals surface area contributed by atoms with Crippen LogP contribution in [0.15, 0.2) is 0 Å². The van der Waals surface area contributed by atoms with Gasteiger partial charge in [-0.05, 0) is 31.1 Å². The molecule has 21 heavy (non-hydrogen) atoms. The maximum absolute atomic E-state index is 11.6. The standard InChI is InChI=1S/C16H31NO4/c1-10(2)7-14(18)21-13(6)8-12(5)9-20-16(19)15(17)11(3)4/h10-13,15H,7-9,17H2,1-6H3. The Kier molecular flexibility index (Phi) is 9.26. The predicted octanol–water partition coefficient (Wildman–Crippen LogP) is 2.52. The molecular formula is C16H31NO4. The van der Waals surface area contributed by atoms with Gasteiger partial charge < -0.3 is 15.2 Å².